The SMILES string of the molecule is COc1cc(C[C@@H](C)O)ccc1O. The van der Waals surface area contributed by atoms with E-state index in [2.05, 4.69) is 0 Å². The Balaban J connectivity index is 2.86. The van der Waals surface area contributed by atoms with Gasteiger partial charge in [-0.15, -0.1) is 0 Å². The predicted molar refractivity (Wildman–Crippen MR) is 50.0 cm³/mol. The van der Waals surface area contributed by atoms with Gasteiger partial charge in [0, 0.05) is 0 Å². The molecule has 0 heterocycles. The molecule has 0 radical (unpaired) electrons. The maximum atomic E-state index is 9.28. The Labute approximate surface area is 77.6 Å². The molecule has 0 spiro atoms. The number of methoxy groups -OCH3 is 1. The molecule has 0 aliphatic rings. The minimum atomic E-state index is -0.380. The highest BCUT2D eigenvalue weighted by molar-refractivity contribution is 5.41. The van der Waals surface area contributed by atoms with Crippen molar-refractivity contribution < 1.29 is 14.9 Å². The number of aromatic hydroxyl groups is 1. The van der Waals surface area contributed by atoms with Crippen molar-refractivity contribution in [1.82, 2.24) is 0 Å². The second-order valence-electron chi connectivity index (χ2n) is 3.06. The molecule has 0 bridgehead atoms. The average molecular weight is 182 g/mol. The molecule has 0 aromatic heterocycles. The summed E-state index contributed by atoms with van der Waals surface area (Å²) < 4.78 is 4.94. The average Bonchev–Trinajstić information content (AvgIpc) is 2.07. The summed E-state index contributed by atoms with van der Waals surface area (Å²) in [5.41, 5.74) is 0.949. The highest BCUT2D eigenvalue weighted by Gasteiger charge is 2.04. The number of hydrogen-bond acceptors (Lipinski definition) is 3. The number of phenols is 1. The zero-order valence-electron chi connectivity index (χ0n) is 7.82. The standard InChI is InChI=1S/C10H14O3/c1-7(11)5-8-3-4-9(12)10(6-8)13-2/h3-4,6-7,11-12H,5H2,1-2H3/t7-/m1/s1. The summed E-state index contributed by atoms with van der Waals surface area (Å²) in [7, 11) is 1.50. The van der Waals surface area contributed by atoms with E-state index in [1.54, 1.807) is 25.1 Å². The third kappa shape index (κ3) is 2.63. The molecule has 0 fully saturated rings. The molecule has 0 saturated heterocycles. The van der Waals surface area contributed by atoms with Gasteiger partial charge in [-0.05, 0) is 31.0 Å². The topological polar surface area (TPSA) is 49.7 Å². The van der Waals surface area contributed by atoms with E-state index in [0.717, 1.165) is 5.56 Å². The first-order chi connectivity index (χ1) is 6.13. The van der Waals surface area contributed by atoms with Crippen LogP contribution in [0.5, 0.6) is 11.5 Å². The van der Waals surface area contributed by atoms with Gasteiger partial charge in [-0.25, -0.2) is 0 Å². The molecule has 3 nitrogen and oxygen atoms in total. The normalized spacial score (nSPS) is 12.5. The molecule has 1 atom stereocenters. The molecule has 13 heavy (non-hydrogen) atoms. The van der Waals surface area contributed by atoms with E-state index < -0.39 is 0 Å². The van der Waals surface area contributed by atoms with E-state index in [1.807, 2.05) is 0 Å². The first-order valence-electron chi connectivity index (χ1n) is 4.17. The summed E-state index contributed by atoms with van der Waals surface area (Å²) in [6.45, 7) is 1.72. The zero-order valence-corrected chi connectivity index (χ0v) is 7.82. The first kappa shape index (κ1) is 9.86. The van der Waals surface area contributed by atoms with Crippen LogP contribution in [0.2, 0.25) is 0 Å². The van der Waals surface area contributed by atoms with Crippen molar-refractivity contribution in [2.75, 3.05) is 7.11 Å². The molecule has 2 N–H and O–H groups in total. The maximum absolute atomic E-state index is 9.28. The smallest absolute Gasteiger partial charge is 0.160 e. The Bertz CT molecular complexity index is 281. The fourth-order valence-corrected chi connectivity index (χ4v) is 1.19. The lowest BCUT2D eigenvalue weighted by atomic mass is 10.1. The summed E-state index contributed by atoms with van der Waals surface area (Å²) >= 11 is 0. The molecule has 1 aromatic carbocycles. The van der Waals surface area contributed by atoms with Crippen molar-refractivity contribution in [3.05, 3.63) is 23.8 Å². The lowest BCUT2D eigenvalue weighted by Gasteiger charge is -2.07. The van der Waals surface area contributed by atoms with Crippen LogP contribution in [-0.2, 0) is 6.42 Å². The zero-order chi connectivity index (χ0) is 9.84. The van der Waals surface area contributed by atoms with Crippen molar-refractivity contribution in [2.45, 2.75) is 19.4 Å². The Morgan fingerprint density at radius 1 is 1.46 bits per heavy atom. The molecule has 1 rings (SSSR count). The molecule has 0 saturated carbocycles. The summed E-state index contributed by atoms with van der Waals surface area (Å²) in [6.07, 6.45) is 0.186. The minimum Gasteiger partial charge on any atom is -0.504 e. The third-order valence-corrected chi connectivity index (χ3v) is 1.78. The molecule has 72 valence electrons. The van der Waals surface area contributed by atoms with Crippen molar-refractivity contribution >= 4 is 0 Å². The summed E-state index contributed by atoms with van der Waals surface area (Å²) in [5, 5.41) is 18.4. The largest absolute Gasteiger partial charge is 0.504 e. The highest BCUT2D eigenvalue weighted by Crippen LogP contribution is 2.26. The van der Waals surface area contributed by atoms with Crippen LogP contribution >= 0.6 is 0 Å². The van der Waals surface area contributed by atoms with Crippen molar-refractivity contribution in [1.29, 1.82) is 0 Å². The monoisotopic (exact) mass is 182 g/mol. The van der Waals surface area contributed by atoms with Crippen LogP contribution in [-0.4, -0.2) is 23.4 Å². The molecule has 0 aliphatic carbocycles. The Morgan fingerprint density at radius 2 is 2.15 bits per heavy atom. The van der Waals surface area contributed by atoms with Gasteiger partial charge in [-0.3, -0.25) is 0 Å². The Hall–Kier alpha value is -1.22. The van der Waals surface area contributed by atoms with Crippen LogP contribution in [0.15, 0.2) is 18.2 Å². The van der Waals surface area contributed by atoms with Gasteiger partial charge in [0.1, 0.15) is 0 Å². The fourth-order valence-electron chi connectivity index (χ4n) is 1.19. The molecule has 0 aliphatic heterocycles. The van der Waals surface area contributed by atoms with E-state index in [4.69, 9.17) is 9.84 Å². The van der Waals surface area contributed by atoms with Crippen LogP contribution in [0.25, 0.3) is 0 Å². The minimum absolute atomic E-state index is 0.122. The van der Waals surface area contributed by atoms with E-state index >= 15 is 0 Å². The van der Waals surface area contributed by atoms with Gasteiger partial charge >= 0.3 is 0 Å². The van der Waals surface area contributed by atoms with Crippen LogP contribution in [0.3, 0.4) is 0 Å². The van der Waals surface area contributed by atoms with Gasteiger partial charge in [-0.1, -0.05) is 6.07 Å². The molecule has 1 aromatic rings. The number of hydrogen-bond donors (Lipinski definition) is 2. The van der Waals surface area contributed by atoms with E-state index in [0.29, 0.717) is 12.2 Å². The number of benzene rings is 1. The Morgan fingerprint density at radius 3 is 2.69 bits per heavy atom. The predicted octanol–water partition coefficient (Wildman–Crippen LogP) is 1.32. The second kappa shape index (κ2) is 4.14. The van der Waals surface area contributed by atoms with Crippen LogP contribution in [0, 0.1) is 0 Å². The molecular formula is C10H14O3. The molecule has 0 amide bonds. The van der Waals surface area contributed by atoms with Crippen LogP contribution in [0.1, 0.15) is 12.5 Å². The second-order valence-corrected chi connectivity index (χ2v) is 3.06. The van der Waals surface area contributed by atoms with E-state index in [-0.39, 0.29) is 11.9 Å². The van der Waals surface area contributed by atoms with Gasteiger partial charge in [-0.2, -0.15) is 0 Å². The number of aliphatic hydroxyl groups is 1. The van der Waals surface area contributed by atoms with E-state index in [9.17, 15) is 5.11 Å². The molecule has 3 heteroatoms. The number of aliphatic hydroxyl groups excluding tert-OH is 1. The third-order valence-electron chi connectivity index (χ3n) is 1.78. The van der Waals surface area contributed by atoms with Gasteiger partial charge in [0.2, 0.25) is 0 Å². The molecule has 0 unspecified atom stereocenters. The van der Waals surface area contributed by atoms with E-state index in [1.165, 1.54) is 7.11 Å². The van der Waals surface area contributed by atoms with Gasteiger partial charge in [0.05, 0.1) is 13.2 Å². The van der Waals surface area contributed by atoms with Crippen molar-refractivity contribution in [2.24, 2.45) is 0 Å². The van der Waals surface area contributed by atoms with Crippen molar-refractivity contribution in [3.8, 4) is 11.5 Å². The number of rotatable bonds is 3. The maximum Gasteiger partial charge on any atom is 0.160 e. The summed E-state index contributed by atoms with van der Waals surface area (Å²) in [6, 6.07) is 5.06. The summed E-state index contributed by atoms with van der Waals surface area (Å²) in [4.78, 5) is 0. The Kier molecular flexibility index (Phi) is 3.14. The number of phenolic OH excluding ortho intramolecular Hbond substituents is 1. The first-order valence-corrected chi connectivity index (χ1v) is 4.17. The summed E-state index contributed by atoms with van der Waals surface area (Å²) in [5.74, 6) is 0.565. The lowest BCUT2D eigenvalue weighted by molar-refractivity contribution is 0.195. The lowest BCUT2D eigenvalue weighted by Crippen LogP contribution is -2.04. The van der Waals surface area contributed by atoms with Gasteiger partial charge < -0.3 is 14.9 Å². The van der Waals surface area contributed by atoms with Crippen molar-refractivity contribution in [3.63, 3.8) is 0 Å². The highest BCUT2D eigenvalue weighted by atomic mass is 16.5. The van der Waals surface area contributed by atoms with Gasteiger partial charge in [0.15, 0.2) is 11.5 Å². The fraction of sp³-hybridized carbons (Fsp3) is 0.400. The van der Waals surface area contributed by atoms with Crippen LogP contribution in [0.4, 0.5) is 0 Å². The number of ether oxygens (including phenoxy) is 1. The van der Waals surface area contributed by atoms with Crippen LogP contribution < -0.4 is 4.74 Å². The quantitative estimate of drug-likeness (QED) is 0.741. The van der Waals surface area contributed by atoms with Gasteiger partial charge in [0.25, 0.3) is 0 Å². The molecular weight excluding hydrogens is 168 g/mol.